The lowest BCUT2D eigenvalue weighted by Crippen LogP contribution is -2.09. The number of carbonyl (C=O) groups is 1. The second-order valence-corrected chi connectivity index (χ2v) is 6.25. The van der Waals surface area contributed by atoms with Gasteiger partial charge in [0.25, 0.3) is 11.8 Å². The first-order valence-corrected chi connectivity index (χ1v) is 8.52. The third-order valence-electron chi connectivity index (χ3n) is 3.57. The lowest BCUT2D eigenvalue weighted by molar-refractivity contribution is 0.103. The molecule has 2 heterocycles. The van der Waals surface area contributed by atoms with Crippen LogP contribution in [-0.4, -0.2) is 16.0 Å². The summed E-state index contributed by atoms with van der Waals surface area (Å²) < 4.78 is 5.34. The molecule has 0 radical (unpaired) electrons. The lowest BCUT2D eigenvalue weighted by atomic mass is 10.2. The first kappa shape index (κ1) is 15.3. The second-order valence-electron chi connectivity index (χ2n) is 5.30. The van der Waals surface area contributed by atoms with E-state index in [1.54, 1.807) is 6.07 Å². The van der Waals surface area contributed by atoms with Gasteiger partial charge >= 0.3 is 0 Å². The lowest BCUT2D eigenvalue weighted by Gasteiger charge is -2.04. The number of thiophene rings is 1. The van der Waals surface area contributed by atoms with Gasteiger partial charge < -0.3 is 9.84 Å². The molecule has 0 bridgehead atoms. The number of nitrogens with zero attached hydrogens (tertiary/aromatic N) is 2. The first-order chi connectivity index (χ1) is 12.3. The zero-order valence-electron chi connectivity index (χ0n) is 13.0. The average Bonchev–Trinajstić information content (AvgIpc) is 3.35. The standard InChI is InChI=1S/C19H13N3O2S/c23-18(16-10-5-11-25-16)20-15-9-4-8-14(12-15)17-21-19(24-22-17)13-6-2-1-3-7-13/h1-12H,(H,20,23). The summed E-state index contributed by atoms with van der Waals surface area (Å²) in [6.45, 7) is 0. The van der Waals surface area contributed by atoms with Gasteiger partial charge in [-0.25, -0.2) is 0 Å². The van der Waals surface area contributed by atoms with E-state index in [-0.39, 0.29) is 5.91 Å². The molecule has 0 fully saturated rings. The van der Waals surface area contributed by atoms with Crippen LogP contribution >= 0.6 is 11.3 Å². The fourth-order valence-electron chi connectivity index (χ4n) is 2.38. The van der Waals surface area contributed by atoms with Gasteiger partial charge in [0.1, 0.15) is 0 Å². The number of nitrogens with one attached hydrogen (secondary N) is 1. The van der Waals surface area contributed by atoms with Crippen molar-refractivity contribution in [1.29, 1.82) is 0 Å². The van der Waals surface area contributed by atoms with Crippen LogP contribution in [0.4, 0.5) is 5.69 Å². The van der Waals surface area contributed by atoms with Gasteiger partial charge in [-0.1, -0.05) is 41.6 Å². The maximum Gasteiger partial charge on any atom is 0.265 e. The summed E-state index contributed by atoms with van der Waals surface area (Å²) in [5.41, 5.74) is 2.32. The van der Waals surface area contributed by atoms with Crippen LogP contribution in [0.5, 0.6) is 0 Å². The third kappa shape index (κ3) is 3.34. The highest BCUT2D eigenvalue weighted by atomic mass is 32.1. The molecule has 0 atom stereocenters. The molecule has 4 rings (SSSR count). The Bertz CT molecular complexity index is 994. The van der Waals surface area contributed by atoms with E-state index in [4.69, 9.17) is 4.52 Å². The van der Waals surface area contributed by atoms with E-state index >= 15 is 0 Å². The van der Waals surface area contributed by atoms with Gasteiger partial charge in [-0.3, -0.25) is 4.79 Å². The highest BCUT2D eigenvalue weighted by Crippen LogP contribution is 2.24. The fourth-order valence-corrected chi connectivity index (χ4v) is 2.99. The van der Waals surface area contributed by atoms with Gasteiger partial charge in [0, 0.05) is 16.8 Å². The SMILES string of the molecule is O=C(Nc1cccc(-c2noc(-c3ccccc3)n2)c1)c1cccs1. The molecule has 1 N–H and O–H groups in total. The van der Waals surface area contributed by atoms with Crippen LogP contribution in [0, 0.1) is 0 Å². The molecule has 4 aromatic rings. The van der Waals surface area contributed by atoms with Gasteiger partial charge in [-0.15, -0.1) is 11.3 Å². The topological polar surface area (TPSA) is 68.0 Å². The number of anilines is 1. The fraction of sp³-hybridized carbons (Fsp3) is 0. The molecular formula is C19H13N3O2S. The Labute approximate surface area is 148 Å². The van der Waals surface area contributed by atoms with Gasteiger partial charge in [0.15, 0.2) is 0 Å². The summed E-state index contributed by atoms with van der Waals surface area (Å²) in [7, 11) is 0. The Morgan fingerprint density at radius 1 is 0.960 bits per heavy atom. The van der Waals surface area contributed by atoms with Crippen molar-refractivity contribution in [3.63, 3.8) is 0 Å². The maximum atomic E-state index is 12.2. The number of rotatable bonds is 4. The van der Waals surface area contributed by atoms with Crippen LogP contribution in [0.1, 0.15) is 9.67 Å². The smallest absolute Gasteiger partial charge is 0.265 e. The van der Waals surface area contributed by atoms with Crippen LogP contribution in [0.2, 0.25) is 0 Å². The summed E-state index contributed by atoms with van der Waals surface area (Å²) in [6.07, 6.45) is 0. The molecular weight excluding hydrogens is 334 g/mol. The molecule has 0 saturated carbocycles. The van der Waals surface area contributed by atoms with E-state index in [9.17, 15) is 4.79 Å². The summed E-state index contributed by atoms with van der Waals surface area (Å²) >= 11 is 1.40. The van der Waals surface area contributed by atoms with Crippen LogP contribution < -0.4 is 5.32 Å². The number of benzene rings is 2. The van der Waals surface area contributed by atoms with E-state index < -0.39 is 0 Å². The quantitative estimate of drug-likeness (QED) is 0.580. The average molecular weight is 347 g/mol. The predicted octanol–water partition coefficient (Wildman–Crippen LogP) is 4.72. The van der Waals surface area contributed by atoms with Gasteiger partial charge in [-0.05, 0) is 35.7 Å². The molecule has 6 heteroatoms. The van der Waals surface area contributed by atoms with Crippen LogP contribution in [0.15, 0.2) is 76.6 Å². The Morgan fingerprint density at radius 3 is 2.60 bits per heavy atom. The van der Waals surface area contributed by atoms with Crippen molar-refractivity contribution < 1.29 is 9.32 Å². The van der Waals surface area contributed by atoms with Crippen molar-refractivity contribution >= 4 is 22.9 Å². The summed E-state index contributed by atoms with van der Waals surface area (Å²) in [4.78, 5) is 17.3. The van der Waals surface area contributed by atoms with Gasteiger partial charge in [0.05, 0.1) is 4.88 Å². The molecule has 0 spiro atoms. The molecule has 122 valence electrons. The van der Waals surface area contributed by atoms with Crippen molar-refractivity contribution in [3.05, 3.63) is 77.0 Å². The van der Waals surface area contributed by atoms with Gasteiger partial charge in [-0.2, -0.15) is 4.98 Å². The predicted molar refractivity (Wildman–Crippen MR) is 97.4 cm³/mol. The molecule has 0 unspecified atom stereocenters. The number of hydrogen-bond donors (Lipinski definition) is 1. The summed E-state index contributed by atoms with van der Waals surface area (Å²) in [6, 6.07) is 20.6. The monoisotopic (exact) mass is 347 g/mol. The van der Waals surface area contributed by atoms with Crippen molar-refractivity contribution in [2.75, 3.05) is 5.32 Å². The minimum atomic E-state index is -0.134. The van der Waals surface area contributed by atoms with Crippen LogP contribution in [0.3, 0.4) is 0 Å². The number of carbonyl (C=O) groups excluding carboxylic acids is 1. The number of amides is 1. The molecule has 0 saturated heterocycles. The number of aromatic nitrogens is 2. The minimum absolute atomic E-state index is 0.134. The molecule has 0 aliphatic heterocycles. The zero-order chi connectivity index (χ0) is 17.1. The van der Waals surface area contributed by atoms with E-state index in [0.717, 1.165) is 11.1 Å². The highest BCUT2D eigenvalue weighted by molar-refractivity contribution is 7.12. The second kappa shape index (κ2) is 6.70. The van der Waals surface area contributed by atoms with Gasteiger partial charge in [0.2, 0.25) is 5.82 Å². The molecule has 5 nitrogen and oxygen atoms in total. The zero-order valence-corrected chi connectivity index (χ0v) is 13.9. The van der Waals surface area contributed by atoms with Crippen molar-refractivity contribution in [3.8, 4) is 22.8 Å². The molecule has 2 aromatic carbocycles. The first-order valence-electron chi connectivity index (χ1n) is 7.64. The normalized spacial score (nSPS) is 10.6. The minimum Gasteiger partial charge on any atom is -0.334 e. The van der Waals surface area contributed by atoms with Crippen LogP contribution in [-0.2, 0) is 0 Å². The third-order valence-corrected chi connectivity index (χ3v) is 4.44. The largest absolute Gasteiger partial charge is 0.334 e. The maximum absolute atomic E-state index is 12.2. The van der Waals surface area contributed by atoms with E-state index in [2.05, 4.69) is 15.5 Å². The van der Waals surface area contributed by atoms with Crippen molar-refractivity contribution in [1.82, 2.24) is 10.1 Å². The Kier molecular flexibility index (Phi) is 4.10. The van der Waals surface area contributed by atoms with Crippen molar-refractivity contribution in [2.45, 2.75) is 0 Å². The Morgan fingerprint density at radius 2 is 1.80 bits per heavy atom. The summed E-state index contributed by atoms with van der Waals surface area (Å²) in [5.74, 6) is 0.805. The van der Waals surface area contributed by atoms with E-state index in [0.29, 0.717) is 22.3 Å². The van der Waals surface area contributed by atoms with E-state index in [1.807, 2.05) is 66.0 Å². The highest BCUT2D eigenvalue weighted by Gasteiger charge is 2.12. The molecule has 0 aliphatic rings. The Hall–Kier alpha value is -3.25. The molecule has 0 aliphatic carbocycles. The van der Waals surface area contributed by atoms with E-state index in [1.165, 1.54) is 11.3 Å². The Balaban J connectivity index is 1.58. The molecule has 1 amide bonds. The molecule has 25 heavy (non-hydrogen) atoms. The van der Waals surface area contributed by atoms with Crippen LogP contribution in [0.25, 0.3) is 22.8 Å². The van der Waals surface area contributed by atoms with Crippen molar-refractivity contribution in [2.24, 2.45) is 0 Å². The molecule has 2 aromatic heterocycles. The summed E-state index contributed by atoms with van der Waals surface area (Å²) in [5, 5.41) is 8.79. The number of hydrogen-bond acceptors (Lipinski definition) is 5.